The average molecular weight is 768 g/mol. The molecule has 4 aliphatic carbocycles. The molecule has 0 aromatic rings. The van der Waals surface area contributed by atoms with E-state index < -0.39 is 13.7 Å². The van der Waals surface area contributed by atoms with Crippen LogP contribution in [0.3, 0.4) is 0 Å². The summed E-state index contributed by atoms with van der Waals surface area (Å²) in [7, 11) is -0.273. The van der Waals surface area contributed by atoms with Gasteiger partial charge < -0.3 is 29.3 Å². The Labute approximate surface area is 327 Å². The molecule has 2 saturated heterocycles. The fourth-order valence-electron chi connectivity index (χ4n) is 13.0. The van der Waals surface area contributed by atoms with Gasteiger partial charge in [0.25, 0.3) is 5.91 Å². The zero-order valence-corrected chi connectivity index (χ0v) is 35.3. The molecule has 54 heavy (non-hydrogen) atoms. The summed E-state index contributed by atoms with van der Waals surface area (Å²) in [6, 6.07) is 0.292. The minimum absolute atomic E-state index is 0.00701. The van der Waals surface area contributed by atoms with Crippen molar-refractivity contribution in [3.8, 4) is 0 Å². The number of hydrogen-bond acceptors (Lipinski definition) is 6. The van der Waals surface area contributed by atoms with Gasteiger partial charge in [0, 0.05) is 57.4 Å². The standard InChI is InChI=1S/C44H73N3O6Si/c1-31-42(54(3,4)36-22-20-35(52-2)21-23-36)39(28-41(50)45(25-26-48)29-32-13-6-5-7-14-32)53-44(31)37-17-8-9-18-38(37)47(43(44)51)30-33-15-12-16-34(27-33)46-24-11-10-19-40(46)49/h31-36,39,42,48H,5-30H2,1-4H3/t31-,33?,34?,35?,36?,39+,42-,44+/m0/s1. The number of methoxy groups -OCH3 is 1. The van der Waals surface area contributed by atoms with Gasteiger partial charge >= 0.3 is 0 Å². The first-order chi connectivity index (χ1) is 26.1. The Bertz CT molecular complexity index is 1370. The number of piperidine rings is 1. The van der Waals surface area contributed by atoms with Gasteiger partial charge in [-0.25, -0.2) is 0 Å². The van der Waals surface area contributed by atoms with E-state index in [2.05, 4.69) is 29.8 Å². The highest BCUT2D eigenvalue weighted by molar-refractivity contribution is 6.80. The predicted molar refractivity (Wildman–Crippen MR) is 214 cm³/mol. The summed E-state index contributed by atoms with van der Waals surface area (Å²) in [6.45, 7) is 10.0. The van der Waals surface area contributed by atoms with E-state index in [1.165, 1.54) is 30.5 Å². The van der Waals surface area contributed by atoms with Crippen molar-refractivity contribution >= 4 is 25.8 Å². The SMILES string of the molecule is COC1CCC([Si](C)(C)[C@@H]2[C@@H](CC(=O)N(CCO)CC3CCCCC3)O[C@]3(C(=O)N(CC4CCCC(N5CCCCC5=O)C4)C4=C3CCCC4)[C@H]2C)CC1. The molecular formula is C44H73N3O6Si. The normalized spacial score (nSPS) is 35.6. The smallest absolute Gasteiger partial charge is 0.263 e. The third kappa shape index (κ3) is 7.89. The molecular weight excluding hydrogens is 695 g/mol. The van der Waals surface area contributed by atoms with Crippen molar-refractivity contribution in [2.75, 3.05) is 39.9 Å². The van der Waals surface area contributed by atoms with E-state index in [-0.39, 0.29) is 42.4 Å². The number of ether oxygens (including phenoxy) is 2. The van der Waals surface area contributed by atoms with Gasteiger partial charge in [-0.2, -0.15) is 0 Å². The van der Waals surface area contributed by atoms with Gasteiger partial charge in [0.1, 0.15) is 0 Å². The number of fused-ring (bicyclic) bond motifs is 1. The molecule has 0 radical (unpaired) electrons. The van der Waals surface area contributed by atoms with E-state index in [4.69, 9.17) is 9.47 Å². The van der Waals surface area contributed by atoms with Gasteiger partial charge in [-0.05, 0) is 112 Å². The van der Waals surface area contributed by atoms with Crippen molar-refractivity contribution < 1.29 is 29.0 Å². The van der Waals surface area contributed by atoms with Crippen LogP contribution < -0.4 is 0 Å². The minimum atomic E-state index is -2.11. The molecule has 3 amide bonds. The molecule has 0 aromatic carbocycles. The highest BCUT2D eigenvalue weighted by Gasteiger charge is 2.67. The Hall–Kier alpha value is -1.75. The van der Waals surface area contributed by atoms with Crippen LogP contribution in [0.2, 0.25) is 24.2 Å². The Morgan fingerprint density at radius 2 is 1.63 bits per heavy atom. The van der Waals surface area contributed by atoms with Gasteiger partial charge in [-0.15, -0.1) is 0 Å². The van der Waals surface area contributed by atoms with Crippen molar-refractivity contribution in [1.82, 2.24) is 14.7 Å². The monoisotopic (exact) mass is 768 g/mol. The number of amides is 3. The third-order valence-electron chi connectivity index (χ3n) is 15.9. The van der Waals surface area contributed by atoms with E-state index >= 15 is 4.79 Å². The van der Waals surface area contributed by atoms with Crippen LogP contribution in [0.5, 0.6) is 0 Å². The Morgan fingerprint density at radius 1 is 0.907 bits per heavy atom. The highest BCUT2D eigenvalue weighted by Crippen LogP contribution is 2.61. The summed E-state index contributed by atoms with van der Waals surface area (Å²) < 4.78 is 13.3. The lowest BCUT2D eigenvalue weighted by atomic mass is 9.78. The zero-order chi connectivity index (χ0) is 38.0. The summed E-state index contributed by atoms with van der Waals surface area (Å²) in [5, 5.41) is 10.1. The molecule has 7 rings (SSSR count). The number of rotatable bonds is 12. The van der Waals surface area contributed by atoms with Crippen LogP contribution in [-0.4, -0.2) is 109 Å². The number of carbonyl (C=O) groups is 3. The number of aliphatic hydroxyl groups is 1. The average Bonchev–Trinajstić information content (AvgIpc) is 3.61. The highest BCUT2D eigenvalue weighted by atomic mass is 28.3. The number of allylic oxidation sites excluding steroid dienone is 1. The summed E-state index contributed by atoms with van der Waals surface area (Å²) in [5.41, 5.74) is 2.21. The molecule has 1 spiro atoms. The lowest BCUT2D eigenvalue weighted by Gasteiger charge is -2.45. The summed E-state index contributed by atoms with van der Waals surface area (Å²) in [5.74, 6) is 1.40. The molecule has 0 aromatic heterocycles. The molecule has 9 nitrogen and oxygen atoms in total. The number of nitrogens with zero attached hydrogens (tertiary/aromatic N) is 3. The van der Waals surface area contributed by atoms with Crippen molar-refractivity contribution in [2.45, 2.75) is 190 Å². The second kappa shape index (κ2) is 17.4. The zero-order valence-electron chi connectivity index (χ0n) is 34.3. The molecule has 1 N–H and O–H groups in total. The lowest BCUT2D eigenvalue weighted by Crippen LogP contribution is -2.51. The van der Waals surface area contributed by atoms with E-state index in [1.54, 1.807) is 0 Å². The fourth-order valence-corrected chi connectivity index (χ4v) is 18.1. The molecule has 5 fully saturated rings. The lowest BCUT2D eigenvalue weighted by molar-refractivity contribution is -0.152. The predicted octanol–water partition coefficient (Wildman–Crippen LogP) is 7.83. The number of likely N-dealkylation sites (tertiary alicyclic amines) is 1. The molecule has 3 aliphatic heterocycles. The maximum atomic E-state index is 15.4. The van der Waals surface area contributed by atoms with Crippen molar-refractivity contribution in [1.29, 1.82) is 0 Å². The van der Waals surface area contributed by atoms with Crippen LogP contribution in [0, 0.1) is 17.8 Å². The topological polar surface area (TPSA) is 99.6 Å². The summed E-state index contributed by atoms with van der Waals surface area (Å²) in [6.07, 6.45) is 21.8. The molecule has 7 aliphatic rings. The van der Waals surface area contributed by atoms with Crippen LogP contribution in [0.15, 0.2) is 11.3 Å². The quantitative estimate of drug-likeness (QED) is 0.203. The van der Waals surface area contributed by atoms with Gasteiger partial charge in [0.2, 0.25) is 11.8 Å². The summed E-state index contributed by atoms with van der Waals surface area (Å²) in [4.78, 5) is 49.1. The molecule has 2 unspecified atom stereocenters. The Kier molecular flexibility index (Phi) is 13.0. The molecule has 6 atom stereocenters. The molecule has 10 heteroatoms. The molecule has 0 bridgehead atoms. The Morgan fingerprint density at radius 3 is 2.35 bits per heavy atom. The maximum absolute atomic E-state index is 15.4. The fraction of sp³-hybridized carbons (Fsp3) is 0.886. The minimum Gasteiger partial charge on any atom is -0.395 e. The van der Waals surface area contributed by atoms with Crippen LogP contribution in [0.25, 0.3) is 0 Å². The van der Waals surface area contributed by atoms with Crippen LogP contribution in [-0.2, 0) is 23.9 Å². The van der Waals surface area contributed by atoms with Crippen molar-refractivity contribution in [2.24, 2.45) is 17.8 Å². The van der Waals surface area contributed by atoms with Crippen molar-refractivity contribution in [3.05, 3.63) is 11.3 Å². The molecule has 3 saturated carbocycles. The van der Waals surface area contributed by atoms with Crippen LogP contribution >= 0.6 is 0 Å². The van der Waals surface area contributed by atoms with Gasteiger partial charge in [0.15, 0.2) is 5.60 Å². The molecule has 304 valence electrons. The van der Waals surface area contributed by atoms with Crippen LogP contribution in [0.4, 0.5) is 0 Å². The van der Waals surface area contributed by atoms with Gasteiger partial charge in [0.05, 0.1) is 33.3 Å². The molecule has 3 heterocycles. The Balaban J connectivity index is 1.17. The van der Waals surface area contributed by atoms with E-state index in [0.717, 1.165) is 116 Å². The summed E-state index contributed by atoms with van der Waals surface area (Å²) >= 11 is 0. The first-order valence-electron chi connectivity index (χ1n) is 22.5. The second-order valence-electron chi connectivity index (χ2n) is 19.3. The maximum Gasteiger partial charge on any atom is 0.263 e. The number of aliphatic hydroxyl groups excluding tert-OH is 1. The first-order valence-corrected chi connectivity index (χ1v) is 25.7. The van der Waals surface area contributed by atoms with Crippen LogP contribution in [0.1, 0.15) is 142 Å². The van der Waals surface area contributed by atoms with E-state index in [1.807, 2.05) is 12.0 Å². The van der Waals surface area contributed by atoms with E-state index in [9.17, 15) is 14.7 Å². The number of hydrogen-bond donors (Lipinski definition) is 1. The first kappa shape index (κ1) is 40.4. The van der Waals surface area contributed by atoms with E-state index in [0.29, 0.717) is 54.9 Å². The largest absolute Gasteiger partial charge is 0.395 e. The van der Waals surface area contributed by atoms with Gasteiger partial charge in [-0.3, -0.25) is 14.4 Å². The second-order valence-corrected chi connectivity index (χ2v) is 24.4. The number of carbonyl (C=O) groups excluding carboxylic acids is 3. The van der Waals surface area contributed by atoms with Gasteiger partial charge in [-0.1, -0.05) is 58.5 Å². The van der Waals surface area contributed by atoms with Crippen molar-refractivity contribution in [3.63, 3.8) is 0 Å². The third-order valence-corrected chi connectivity index (χ3v) is 21.2.